The number of benzene rings is 1. The van der Waals surface area contributed by atoms with Crippen LogP contribution in [0.15, 0.2) is 18.2 Å². The first-order valence-electron chi connectivity index (χ1n) is 5.87. The molecule has 0 amide bonds. The van der Waals surface area contributed by atoms with E-state index >= 15 is 0 Å². The van der Waals surface area contributed by atoms with Crippen molar-refractivity contribution in [3.05, 3.63) is 18.2 Å². The SMILES string of the molecule is FC1COc2cccc(N3CCNCC3)c2O1. The topological polar surface area (TPSA) is 33.7 Å². The van der Waals surface area contributed by atoms with Crippen LogP contribution in [0, 0.1) is 0 Å². The van der Waals surface area contributed by atoms with Crippen molar-refractivity contribution in [3.8, 4) is 11.5 Å². The van der Waals surface area contributed by atoms with Crippen LogP contribution in [0.25, 0.3) is 0 Å². The van der Waals surface area contributed by atoms with Crippen LogP contribution in [-0.2, 0) is 0 Å². The highest BCUT2D eigenvalue weighted by atomic mass is 19.1. The molecule has 1 aromatic carbocycles. The largest absolute Gasteiger partial charge is 0.483 e. The lowest BCUT2D eigenvalue weighted by molar-refractivity contribution is -0.00246. The van der Waals surface area contributed by atoms with Crippen LogP contribution < -0.4 is 19.7 Å². The number of nitrogens with zero attached hydrogens (tertiary/aromatic N) is 1. The van der Waals surface area contributed by atoms with Gasteiger partial charge in [0.1, 0.15) is 0 Å². The first-order chi connectivity index (χ1) is 8.34. The van der Waals surface area contributed by atoms with Crippen molar-refractivity contribution >= 4 is 5.69 Å². The van der Waals surface area contributed by atoms with Crippen molar-refractivity contribution in [1.82, 2.24) is 5.32 Å². The highest BCUT2D eigenvalue weighted by Crippen LogP contribution is 2.40. The van der Waals surface area contributed by atoms with Gasteiger partial charge < -0.3 is 19.7 Å². The number of ether oxygens (including phenoxy) is 2. The van der Waals surface area contributed by atoms with E-state index in [1.165, 1.54) is 0 Å². The van der Waals surface area contributed by atoms with E-state index in [0.29, 0.717) is 11.5 Å². The Labute approximate surface area is 99.3 Å². The second kappa shape index (κ2) is 4.41. The van der Waals surface area contributed by atoms with Crippen LogP contribution >= 0.6 is 0 Å². The van der Waals surface area contributed by atoms with Gasteiger partial charge in [-0.15, -0.1) is 0 Å². The zero-order chi connectivity index (χ0) is 11.7. The highest BCUT2D eigenvalue weighted by molar-refractivity contribution is 5.65. The molecule has 1 N–H and O–H groups in total. The summed E-state index contributed by atoms with van der Waals surface area (Å²) in [7, 11) is 0. The summed E-state index contributed by atoms with van der Waals surface area (Å²) in [6, 6.07) is 5.68. The quantitative estimate of drug-likeness (QED) is 0.796. The van der Waals surface area contributed by atoms with Crippen molar-refractivity contribution in [3.63, 3.8) is 0 Å². The van der Waals surface area contributed by atoms with E-state index in [-0.39, 0.29) is 6.61 Å². The number of para-hydroxylation sites is 1. The molecule has 1 unspecified atom stereocenters. The zero-order valence-electron chi connectivity index (χ0n) is 9.49. The molecule has 2 heterocycles. The molecule has 0 bridgehead atoms. The maximum atomic E-state index is 13.2. The molecule has 0 aliphatic carbocycles. The van der Waals surface area contributed by atoms with Gasteiger partial charge in [-0.1, -0.05) is 6.07 Å². The Morgan fingerprint density at radius 3 is 2.94 bits per heavy atom. The molecule has 5 heteroatoms. The van der Waals surface area contributed by atoms with Crippen molar-refractivity contribution in [2.45, 2.75) is 6.36 Å². The minimum atomic E-state index is -1.37. The van der Waals surface area contributed by atoms with Gasteiger partial charge in [0.15, 0.2) is 18.1 Å². The molecule has 1 atom stereocenters. The van der Waals surface area contributed by atoms with Gasteiger partial charge in [-0.2, -0.15) is 4.39 Å². The normalized spacial score (nSPS) is 23.6. The summed E-state index contributed by atoms with van der Waals surface area (Å²) in [6.45, 7) is 3.64. The molecule has 1 saturated heterocycles. The number of fused-ring (bicyclic) bond motifs is 1. The van der Waals surface area contributed by atoms with Crippen LogP contribution in [0.4, 0.5) is 10.1 Å². The third kappa shape index (κ3) is 2.02. The molecule has 0 aromatic heterocycles. The predicted octanol–water partition coefficient (Wildman–Crippen LogP) is 1.16. The standard InChI is InChI=1S/C12H15FN2O2/c13-11-8-16-10-3-1-2-9(12(10)17-11)15-6-4-14-5-7-15/h1-3,11,14H,4-8H2. The smallest absolute Gasteiger partial charge is 0.272 e. The van der Waals surface area contributed by atoms with E-state index < -0.39 is 6.36 Å². The third-order valence-corrected chi connectivity index (χ3v) is 3.03. The first kappa shape index (κ1) is 10.7. The maximum Gasteiger partial charge on any atom is 0.272 e. The van der Waals surface area contributed by atoms with E-state index in [0.717, 1.165) is 31.9 Å². The Morgan fingerprint density at radius 1 is 1.29 bits per heavy atom. The van der Waals surface area contributed by atoms with E-state index in [1.54, 1.807) is 0 Å². The van der Waals surface area contributed by atoms with E-state index in [2.05, 4.69) is 10.2 Å². The monoisotopic (exact) mass is 238 g/mol. The summed E-state index contributed by atoms with van der Waals surface area (Å²) in [5.41, 5.74) is 0.923. The molecule has 1 fully saturated rings. The van der Waals surface area contributed by atoms with Gasteiger partial charge in [-0.3, -0.25) is 0 Å². The van der Waals surface area contributed by atoms with E-state index in [1.807, 2.05) is 18.2 Å². The number of hydrogen-bond donors (Lipinski definition) is 1. The number of anilines is 1. The number of piperazine rings is 1. The van der Waals surface area contributed by atoms with Gasteiger partial charge in [-0.25, -0.2) is 0 Å². The van der Waals surface area contributed by atoms with Crippen LogP contribution in [-0.4, -0.2) is 39.1 Å². The lowest BCUT2D eigenvalue weighted by Gasteiger charge is -2.33. The van der Waals surface area contributed by atoms with Crippen LogP contribution in [0.5, 0.6) is 11.5 Å². The molecular formula is C12H15FN2O2. The van der Waals surface area contributed by atoms with Crippen LogP contribution in [0.2, 0.25) is 0 Å². The molecule has 0 radical (unpaired) electrons. The molecule has 4 nitrogen and oxygen atoms in total. The van der Waals surface area contributed by atoms with Crippen LogP contribution in [0.1, 0.15) is 0 Å². The second-order valence-corrected chi connectivity index (χ2v) is 4.18. The Balaban J connectivity index is 1.93. The number of alkyl halides is 1. The van der Waals surface area contributed by atoms with Gasteiger partial charge in [-0.05, 0) is 12.1 Å². The molecule has 3 rings (SSSR count). The number of hydrogen-bond acceptors (Lipinski definition) is 4. The summed E-state index contributed by atoms with van der Waals surface area (Å²) in [5.74, 6) is 1.17. The average Bonchev–Trinajstić information content (AvgIpc) is 2.39. The summed E-state index contributed by atoms with van der Waals surface area (Å²) in [6.07, 6.45) is -1.37. The third-order valence-electron chi connectivity index (χ3n) is 3.03. The highest BCUT2D eigenvalue weighted by Gasteiger charge is 2.25. The van der Waals surface area contributed by atoms with E-state index in [4.69, 9.17) is 9.47 Å². The molecule has 2 aliphatic heterocycles. The zero-order valence-corrected chi connectivity index (χ0v) is 9.49. The summed E-state index contributed by atoms with van der Waals surface area (Å²) >= 11 is 0. The van der Waals surface area contributed by atoms with Gasteiger partial charge in [0, 0.05) is 26.2 Å². The average molecular weight is 238 g/mol. The Morgan fingerprint density at radius 2 is 2.12 bits per heavy atom. The van der Waals surface area contributed by atoms with Gasteiger partial charge >= 0.3 is 0 Å². The van der Waals surface area contributed by atoms with Gasteiger partial charge in [0.25, 0.3) is 6.36 Å². The summed E-state index contributed by atoms with van der Waals surface area (Å²) < 4.78 is 23.8. The number of rotatable bonds is 1. The fraction of sp³-hybridized carbons (Fsp3) is 0.500. The molecule has 0 saturated carbocycles. The maximum absolute atomic E-state index is 13.2. The molecule has 0 spiro atoms. The number of halogens is 1. The summed E-state index contributed by atoms with van der Waals surface area (Å²) in [4.78, 5) is 2.19. The van der Waals surface area contributed by atoms with E-state index in [9.17, 15) is 4.39 Å². The lowest BCUT2D eigenvalue weighted by atomic mass is 10.2. The Bertz CT molecular complexity index is 407. The minimum Gasteiger partial charge on any atom is -0.483 e. The van der Waals surface area contributed by atoms with Crippen LogP contribution in [0.3, 0.4) is 0 Å². The minimum absolute atomic E-state index is 0.0298. The first-order valence-corrected chi connectivity index (χ1v) is 5.87. The van der Waals surface area contributed by atoms with Crippen molar-refractivity contribution in [1.29, 1.82) is 0 Å². The van der Waals surface area contributed by atoms with Crippen molar-refractivity contribution in [2.24, 2.45) is 0 Å². The van der Waals surface area contributed by atoms with Gasteiger partial charge in [0.2, 0.25) is 0 Å². The fourth-order valence-corrected chi connectivity index (χ4v) is 2.21. The molecule has 1 aromatic rings. The number of nitrogens with one attached hydrogen (secondary N) is 1. The fourth-order valence-electron chi connectivity index (χ4n) is 2.21. The molecule has 92 valence electrons. The Hall–Kier alpha value is -1.49. The molecular weight excluding hydrogens is 223 g/mol. The molecule has 2 aliphatic rings. The lowest BCUT2D eigenvalue weighted by Crippen LogP contribution is -2.44. The second-order valence-electron chi connectivity index (χ2n) is 4.18. The van der Waals surface area contributed by atoms with Crippen molar-refractivity contribution < 1.29 is 13.9 Å². The van der Waals surface area contributed by atoms with Crippen molar-refractivity contribution in [2.75, 3.05) is 37.7 Å². The Kier molecular flexibility index (Phi) is 2.76. The molecule has 17 heavy (non-hydrogen) atoms. The van der Waals surface area contributed by atoms with Gasteiger partial charge in [0.05, 0.1) is 5.69 Å². The summed E-state index contributed by atoms with van der Waals surface area (Å²) in [5, 5.41) is 3.29. The predicted molar refractivity (Wildman–Crippen MR) is 62.5 cm³/mol.